The van der Waals surface area contributed by atoms with Crippen LogP contribution in [0.1, 0.15) is 30.9 Å². The molecule has 0 aliphatic carbocycles. The third-order valence-electron chi connectivity index (χ3n) is 3.20. The van der Waals surface area contributed by atoms with Gasteiger partial charge in [-0.25, -0.2) is 9.78 Å². The van der Waals surface area contributed by atoms with Gasteiger partial charge in [-0.2, -0.15) is 5.10 Å². The van der Waals surface area contributed by atoms with E-state index in [2.05, 4.69) is 10.1 Å². The SMILES string of the molecule is CCC(C(=O)OC)n1c(CCl)nc2c(C)nn(C)c21. The van der Waals surface area contributed by atoms with Gasteiger partial charge in [-0.1, -0.05) is 6.92 Å². The minimum Gasteiger partial charge on any atom is -0.467 e. The van der Waals surface area contributed by atoms with Crippen LogP contribution in [0.4, 0.5) is 0 Å². The van der Waals surface area contributed by atoms with E-state index in [4.69, 9.17) is 16.3 Å². The van der Waals surface area contributed by atoms with Gasteiger partial charge in [0.1, 0.15) is 17.4 Å². The molecular formula is C12H17ClN4O2. The molecule has 2 aromatic heterocycles. The smallest absolute Gasteiger partial charge is 0.328 e. The highest BCUT2D eigenvalue weighted by atomic mass is 35.5. The molecule has 1 atom stereocenters. The van der Waals surface area contributed by atoms with E-state index >= 15 is 0 Å². The first-order valence-electron chi connectivity index (χ1n) is 6.09. The summed E-state index contributed by atoms with van der Waals surface area (Å²) < 4.78 is 8.41. The van der Waals surface area contributed by atoms with Crippen LogP contribution in [0.25, 0.3) is 11.2 Å². The topological polar surface area (TPSA) is 61.9 Å². The summed E-state index contributed by atoms with van der Waals surface area (Å²) in [6.45, 7) is 3.81. The molecule has 0 radical (unpaired) electrons. The molecule has 0 saturated carbocycles. The predicted octanol–water partition coefficient (Wildman–Crippen LogP) is 1.94. The number of hydrogen-bond acceptors (Lipinski definition) is 4. The molecule has 0 aliphatic heterocycles. The molecular weight excluding hydrogens is 268 g/mol. The fourth-order valence-corrected chi connectivity index (χ4v) is 2.54. The van der Waals surface area contributed by atoms with Gasteiger partial charge in [0.25, 0.3) is 0 Å². The number of fused-ring (bicyclic) bond motifs is 1. The van der Waals surface area contributed by atoms with Crippen molar-refractivity contribution in [3.63, 3.8) is 0 Å². The van der Waals surface area contributed by atoms with E-state index in [1.165, 1.54) is 7.11 Å². The van der Waals surface area contributed by atoms with Crippen LogP contribution in [0.5, 0.6) is 0 Å². The number of carbonyl (C=O) groups excluding carboxylic acids is 1. The number of carbonyl (C=O) groups is 1. The molecule has 19 heavy (non-hydrogen) atoms. The van der Waals surface area contributed by atoms with Crippen molar-refractivity contribution in [2.45, 2.75) is 32.2 Å². The minimum absolute atomic E-state index is 0.238. The van der Waals surface area contributed by atoms with Crippen LogP contribution >= 0.6 is 11.6 Å². The van der Waals surface area contributed by atoms with Gasteiger partial charge in [0.2, 0.25) is 0 Å². The highest BCUT2D eigenvalue weighted by Crippen LogP contribution is 2.26. The lowest BCUT2D eigenvalue weighted by Crippen LogP contribution is -2.22. The third-order valence-corrected chi connectivity index (χ3v) is 3.44. The number of halogens is 1. The average molecular weight is 285 g/mol. The number of imidazole rings is 1. The van der Waals surface area contributed by atoms with E-state index in [-0.39, 0.29) is 11.8 Å². The molecule has 2 heterocycles. The van der Waals surface area contributed by atoms with Gasteiger partial charge in [-0.15, -0.1) is 11.6 Å². The molecule has 0 bridgehead atoms. The van der Waals surface area contributed by atoms with Crippen molar-refractivity contribution in [1.82, 2.24) is 19.3 Å². The second-order valence-electron chi connectivity index (χ2n) is 4.36. The van der Waals surface area contributed by atoms with Crippen LogP contribution in [-0.4, -0.2) is 32.4 Å². The number of nitrogens with zero attached hydrogens (tertiary/aromatic N) is 4. The molecule has 2 aromatic rings. The number of esters is 1. The van der Waals surface area contributed by atoms with Crippen molar-refractivity contribution in [3.8, 4) is 0 Å². The third kappa shape index (κ3) is 2.10. The van der Waals surface area contributed by atoms with Crippen molar-refractivity contribution < 1.29 is 9.53 Å². The maximum Gasteiger partial charge on any atom is 0.328 e. The van der Waals surface area contributed by atoms with E-state index in [9.17, 15) is 4.79 Å². The van der Waals surface area contributed by atoms with Crippen LogP contribution in [0, 0.1) is 6.92 Å². The number of rotatable bonds is 4. The highest BCUT2D eigenvalue weighted by molar-refractivity contribution is 6.16. The molecule has 2 rings (SSSR count). The normalized spacial score (nSPS) is 12.9. The van der Waals surface area contributed by atoms with Gasteiger partial charge < -0.3 is 4.74 Å². The molecule has 0 N–H and O–H groups in total. The predicted molar refractivity (Wildman–Crippen MR) is 72.1 cm³/mol. The number of aromatic nitrogens is 4. The van der Waals surface area contributed by atoms with Gasteiger partial charge in [0, 0.05) is 7.05 Å². The van der Waals surface area contributed by atoms with Gasteiger partial charge in [-0.3, -0.25) is 9.25 Å². The van der Waals surface area contributed by atoms with Gasteiger partial charge in [0.05, 0.1) is 18.7 Å². The van der Waals surface area contributed by atoms with Crippen LogP contribution in [-0.2, 0) is 22.5 Å². The van der Waals surface area contributed by atoms with Crippen molar-refractivity contribution in [3.05, 3.63) is 11.5 Å². The Morgan fingerprint density at radius 2 is 2.21 bits per heavy atom. The zero-order valence-electron chi connectivity index (χ0n) is 11.5. The van der Waals surface area contributed by atoms with Gasteiger partial charge in [0.15, 0.2) is 5.65 Å². The van der Waals surface area contributed by atoms with Gasteiger partial charge in [-0.05, 0) is 13.3 Å². The zero-order valence-corrected chi connectivity index (χ0v) is 12.2. The summed E-state index contributed by atoms with van der Waals surface area (Å²) >= 11 is 5.95. The lowest BCUT2D eigenvalue weighted by Gasteiger charge is -2.17. The Morgan fingerprint density at radius 3 is 2.74 bits per heavy atom. The Kier molecular flexibility index (Phi) is 3.80. The number of alkyl halides is 1. The highest BCUT2D eigenvalue weighted by Gasteiger charge is 2.27. The molecule has 0 aliphatic rings. The van der Waals surface area contributed by atoms with Crippen molar-refractivity contribution in [2.24, 2.45) is 7.05 Å². The quantitative estimate of drug-likeness (QED) is 0.636. The Balaban J connectivity index is 2.71. The fraction of sp³-hybridized carbons (Fsp3) is 0.583. The van der Waals surface area contributed by atoms with Crippen LogP contribution in [0.2, 0.25) is 0 Å². The van der Waals surface area contributed by atoms with E-state index < -0.39 is 6.04 Å². The first kappa shape index (κ1) is 13.9. The van der Waals surface area contributed by atoms with E-state index in [1.807, 2.05) is 25.5 Å². The van der Waals surface area contributed by atoms with Gasteiger partial charge >= 0.3 is 5.97 Å². The summed E-state index contributed by atoms with van der Waals surface area (Å²) in [5, 5.41) is 4.33. The Bertz CT molecular complexity index is 617. The fourth-order valence-electron chi connectivity index (χ4n) is 2.35. The van der Waals surface area contributed by atoms with Crippen molar-refractivity contribution in [2.75, 3.05) is 7.11 Å². The number of ether oxygens (including phenoxy) is 1. The van der Waals surface area contributed by atoms with E-state index in [1.54, 1.807) is 4.68 Å². The van der Waals surface area contributed by atoms with Crippen molar-refractivity contribution >= 4 is 28.7 Å². The second kappa shape index (κ2) is 5.21. The average Bonchev–Trinajstić information content (AvgIpc) is 2.90. The summed E-state index contributed by atoms with van der Waals surface area (Å²) in [4.78, 5) is 16.4. The maximum atomic E-state index is 11.9. The van der Waals surface area contributed by atoms with Crippen LogP contribution < -0.4 is 0 Å². The summed E-state index contributed by atoms with van der Waals surface area (Å²) in [7, 11) is 3.21. The summed E-state index contributed by atoms with van der Waals surface area (Å²) in [5.74, 6) is 0.596. The molecule has 0 saturated heterocycles. The second-order valence-corrected chi connectivity index (χ2v) is 4.63. The first-order valence-corrected chi connectivity index (χ1v) is 6.62. The number of methoxy groups -OCH3 is 1. The molecule has 0 spiro atoms. The molecule has 104 valence electrons. The molecule has 1 unspecified atom stereocenters. The Labute approximate surface area is 116 Å². The summed E-state index contributed by atoms with van der Waals surface area (Å²) in [5.41, 5.74) is 2.40. The Hall–Kier alpha value is -1.56. The number of aryl methyl sites for hydroxylation is 2. The minimum atomic E-state index is -0.432. The lowest BCUT2D eigenvalue weighted by atomic mass is 10.2. The largest absolute Gasteiger partial charge is 0.467 e. The standard InChI is InChI=1S/C12H17ClN4O2/c1-5-8(12(18)19-4)17-9(6-13)14-10-7(2)15-16(3)11(10)17/h8H,5-6H2,1-4H3. The Morgan fingerprint density at radius 1 is 1.53 bits per heavy atom. The molecule has 0 amide bonds. The van der Waals surface area contributed by atoms with Crippen LogP contribution in [0.3, 0.4) is 0 Å². The first-order chi connectivity index (χ1) is 9.04. The van der Waals surface area contributed by atoms with Crippen LogP contribution in [0.15, 0.2) is 0 Å². The summed E-state index contributed by atoms with van der Waals surface area (Å²) in [6.07, 6.45) is 0.603. The van der Waals surface area contributed by atoms with E-state index in [0.717, 1.165) is 16.9 Å². The molecule has 0 fully saturated rings. The monoisotopic (exact) mass is 284 g/mol. The molecule has 6 nitrogen and oxygen atoms in total. The summed E-state index contributed by atoms with van der Waals surface area (Å²) in [6, 6.07) is -0.432. The molecule has 7 heteroatoms. The van der Waals surface area contributed by atoms with E-state index in [0.29, 0.717) is 12.2 Å². The number of hydrogen-bond donors (Lipinski definition) is 0. The maximum absolute atomic E-state index is 11.9. The zero-order chi connectivity index (χ0) is 14.2. The lowest BCUT2D eigenvalue weighted by molar-refractivity contribution is -0.144. The van der Waals surface area contributed by atoms with Crippen molar-refractivity contribution in [1.29, 1.82) is 0 Å². The molecule has 0 aromatic carbocycles.